The van der Waals surface area contributed by atoms with Crippen LogP contribution in [-0.4, -0.2) is 65.1 Å². The first kappa shape index (κ1) is 27.0. The molecule has 0 bridgehead atoms. The van der Waals surface area contributed by atoms with Gasteiger partial charge in [0.15, 0.2) is 17.6 Å². The Hall–Kier alpha value is -1.20. The van der Waals surface area contributed by atoms with E-state index in [0.717, 1.165) is 89.9 Å². The third-order valence-corrected chi connectivity index (χ3v) is 5.86. The molecule has 1 unspecified atom stereocenters. The van der Waals surface area contributed by atoms with E-state index in [4.69, 9.17) is 14.5 Å². The molecule has 2 aliphatic heterocycles. The van der Waals surface area contributed by atoms with E-state index in [1.807, 2.05) is 0 Å². The minimum absolute atomic E-state index is 0. The lowest BCUT2D eigenvalue weighted by Gasteiger charge is -2.21. The number of nitrogens with one attached hydrogen (secondary N) is 2. The summed E-state index contributed by atoms with van der Waals surface area (Å²) >= 11 is 0. The molecular formula is C23H37F2IN4O2. The molecule has 2 aliphatic rings. The normalized spacial score (nSPS) is 19.7. The molecule has 2 N–H and O–H groups in total. The van der Waals surface area contributed by atoms with Crippen LogP contribution in [0.5, 0.6) is 0 Å². The first-order chi connectivity index (χ1) is 15.2. The van der Waals surface area contributed by atoms with Gasteiger partial charge < -0.3 is 25.0 Å². The Morgan fingerprint density at radius 2 is 1.97 bits per heavy atom. The molecule has 0 aliphatic carbocycles. The van der Waals surface area contributed by atoms with Gasteiger partial charge in [-0.3, -0.25) is 4.99 Å². The highest BCUT2D eigenvalue weighted by molar-refractivity contribution is 14.0. The van der Waals surface area contributed by atoms with Crippen LogP contribution in [0.1, 0.15) is 32.6 Å². The number of ether oxygens (including phenoxy) is 2. The fourth-order valence-electron chi connectivity index (χ4n) is 4.00. The maximum Gasteiger partial charge on any atom is 0.191 e. The Morgan fingerprint density at radius 1 is 1.16 bits per heavy atom. The molecule has 0 amide bonds. The Balaban J connectivity index is 0.00000363. The molecule has 2 saturated heterocycles. The van der Waals surface area contributed by atoms with Crippen LogP contribution in [0, 0.1) is 23.5 Å². The van der Waals surface area contributed by atoms with Crippen molar-refractivity contribution >= 4 is 35.6 Å². The van der Waals surface area contributed by atoms with E-state index in [9.17, 15) is 8.78 Å². The number of rotatable bonds is 10. The van der Waals surface area contributed by atoms with E-state index in [2.05, 4.69) is 22.5 Å². The zero-order valence-electron chi connectivity index (χ0n) is 19.0. The summed E-state index contributed by atoms with van der Waals surface area (Å²) < 4.78 is 37.9. The fourth-order valence-corrected chi connectivity index (χ4v) is 4.00. The molecule has 2 heterocycles. The minimum Gasteiger partial charge on any atom is -0.381 e. The van der Waals surface area contributed by atoms with Gasteiger partial charge in [-0.1, -0.05) is 0 Å². The highest BCUT2D eigenvalue weighted by Crippen LogP contribution is 2.25. The SMILES string of the molecule is CCNC(=NCC1CCN(c2ccc(F)c(F)c2)C1)NCCCOCC1CCOCC1.I. The zero-order valence-corrected chi connectivity index (χ0v) is 21.3. The van der Waals surface area contributed by atoms with Crippen LogP contribution in [0.3, 0.4) is 0 Å². The van der Waals surface area contributed by atoms with Crippen molar-refractivity contribution in [3.8, 4) is 0 Å². The number of hydrogen-bond donors (Lipinski definition) is 2. The van der Waals surface area contributed by atoms with Gasteiger partial charge in [0.05, 0.1) is 0 Å². The van der Waals surface area contributed by atoms with Crippen LogP contribution in [-0.2, 0) is 9.47 Å². The lowest BCUT2D eigenvalue weighted by molar-refractivity contribution is 0.0203. The van der Waals surface area contributed by atoms with Crippen LogP contribution in [0.2, 0.25) is 0 Å². The molecule has 6 nitrogen and oxygen atoms in total. The highest BCUT2D eigenvalue weighted by Gasteiger charge is 2.23. The number of halogens is 3. The van der Waals surface area contributed by atoms with Gasteiger partial charge in [-0.25, -0.2) is 8.78 Å². The average Bonchev–Trinajstić information content (AvgIpc) is 3.26. The van der Waals surface area contributed by atoms with Gasteiger partial charge in [-0.2, -0.15) is 0 Å². The Bertz CT molecular complexity index is 705. The van der Waals surface area contributed by atoms with Gasteiger partial charge in [-0.05, 0) is 56.6 Å². The second-order valence-electron chi connectivity index (χ2n) is 8.33. The summed E-state index contributed by atoms with van der Waals surface area (Å²) in [6.45, 7) is 9.29. The highest BCUT2D eigenvalue weighted by atomic mass is 127. The minimum atomic E-state index is -0.806. The van der Waals surface area contributed by atoms with Gasteiger partial charge in [0, 0.05) is 70.9 Å². The third kappa shape index (κ3) is 8.97. The van der Waals surface area contributed by atoms with Gasteiger partial charge >= 0.3 is 0 Å². The van der Waals surface area contributed by atoms with E-state index in [-0.39, 0.29) is 24.0 Å². The van der Waals surface area contributed by atoms with Gasteiger partial charge in [0.2, 0.25) is 0 Å². The number of nitrogens with zero attached hydrogens (tertiary/aromatic N) is 2. The molecule has 0 saturated carbocycles. The second kappa shape index (κ2) is 14.8. The number of guanidine groups is 1. The van der Waals surface area contributed by atoms with Gasteiger partial charge in [0.1, 0.15) is 0 Å². The van der Waals surface area contributed by atoms with Crippen molar-refractivity contribution in [2.75, 3.05) is 64.1 Å². The molecule has 182 valence electrons. The molecule has 9 heteroatoms. The molecular weight excluding hydrogens is 529 g/mol. The summed E-state index contributed by atoms with van der Waals surface area (Å²) in [5.74, 6) is 0.247. The van der Waals surface area contributed by atoms with Crippen LogP contribution < -0.4 is 15.5 Å². The molecule has 32 heavy (non-hydrogen) atoms. The molecule has 3 rings (SSSR count). The van der Waals surface area contributed by atoms with E-state index >= 15 is 0 Å². The first-order valence-electron chi connectivity index (χ1n) is 11.5. The molecule has 1 aromatic rings. The second-order valence-corrected chi connectivity index (χ2v) is 8.33. The standard InChI is InChI=1S/C23H36F2N4O2.HI/c1-2-26-23(27-9-3-11-31-17-18-7-12-30-13-8-18)28-15-19-6-10-29(16-19)20-4-5-21(24)22(25)14-20;/h4-5,14,18-19H,2-3,6-13,15-17H2,1H3,(H2,26,27,28);1H. The predicted molar refractivity (Wildman–Crippen MR) is 135 cm³/mol. The van der Waals surface area contributed by atoms with Crippen molar-refractivity contribution in [2.24, 2.45) is 16.8 Å². The lowest BCUT2D eigenvalue weighted by Crippen LogP contribution is -2.38. The quantitative estimate of drug-likeness (QED) is 0.196. The van der Waals surface area contributed by atoms with Crippen LogP contribution in [0.25, 0.3) is 0 Å². The Labute approximate surface area is 207 Å². The third-order valence-electron chi connectivity index (χ3n) is 5.86. The van der Waals surface area contributed by atoms with Crippen LogP contribution >= 0.6 is 24.0 Å². The molecule has 0 spiro atoms. The Morgan fingerprint density at radius 3 is 2.72 bits per heavy atom. The summed E-state index contributed by atoms with van der Waals surface area (Å²) in [5, 5.41) is 6.66. The Kier molecular flexibility index (Phi) is 12.6. The summed E-state index contributed by atoms with van der Waals surface area (Å²) in [6, 6.07) is 4.10. The summed E-state index contributed by atoms with van der Waals surface area (Å²) in [4.78, 5) is 6.82. The monoisotopic (exact) mass is 566 g/mol. The number of anilines is 1. The van der Waals surface area contributed by atoms with Crippen molar-refractivity contribution in [1.82, 2.24) is 10.6 Å². The maximum atomic E-state index is 13.5. The molecule has 2 fully saturated rings. The zero-order chi connectivity index (χ0) is 21.9. The number of aliphatic imine (C=N–C) groups is 1. The summed E-state index contributed by atoms with van der Waals surface area (Å²) in [7, 11) is 0. The molecule has 1 atom stereocenters. The number of hydrogen-bond acceptors (Lipinski definition) is 4. The van der Waals surface area contributed by atoms with Crippen molar-refractivity contribution < 1.29 is 18.3 Å². The fraction of sp³-hybridized carbons (Fsp3) is 0.696. The molecule has 0 radical (unpaired) electrons. The van der Waals surface area contributed by atoms with Crippen molar-refractivity contribution in [3.63, 3.8) is 0 Å². The van der Waals surface area contributed by atoms with E-state index in [0.29, 0.717) is 18.4 Å². The summed E-state index contributed by atoms with van der Waals surface area (Å²) in [5.41, 5.74) is 0.733. The van der Waals surface area contributed by atoms with Crippen molar-refractivity contribution in [1.29, 1.82) is 0 Å². The largest absolute Gasteiger partial charge is 0.381 e. The van der Waals surface area contributed by atoms with Crippen molar-refractivity contribution in [3.05, 3.63) is 29.8 Å². The van der Waals surface area contributed by atoms with Gasteiger partial charge in [-0.15, -0.1) is 24.0 Å². The lowest BCUT2D eigenvalue weighted by atomic mass is 10.0. The molecule has 1 aromatic carbocycles. The van der Waals surface area contributed by atoms with E-state index < -0.39 is 11.6 Å². The van der Waals surface area contributed by atoms with Crippen LogP contribution in [0.15, 0.2) is 23.2 Å². The van der Waals surface area contributed by atoms with Gasteiger partial charge in [0.25, 0.3) is 0 Å². The van der Waals surface area contributed by atoms with Crippen molar-refractivity contribution in [2.45, 2.75) is 32.6 Å². The number of benzene rings is 1. The predicted octanol–water partition coefficient (Wildman–Crippen LogP) is 3.80. The molecule has 0 aromatic heterocycles. The van der Waals surface area contributed by atoms with E-state index in [1.54, 1.807) is 6.07 Å². The summed E-state index contributed by atoms with van der Waals surface area (Å²) in [6.07, 6.45) is 4.12. The maximum absolute atomic E-state index is 13.5. The average molecular weight is 566 g/mol. The smallest absolute Gasteiger partial charge is 0.191 e. The van der Waals surface area contributed by atoms with Crippen LogP contribution in [0.4, 0.5) is 14.5 Å². The first-order valence-corrected chi connectivity index (χ1v) is 11.5. The van der Waals surface area contributed by atoms with E-state index in [1.165, 1.54) is 12.1 Å². The topological polar surface area (TPSA) is 58.1 Å².